The van der Waals surface area contributed by atoms with E-state index in [4.69, 9.17) is 5.73 Å². The first-order chi connectivity index (χ1) is 8.24. The van der Waals surface area contributed by atoms with E-state index in [-0.39, 0.29) is 11.7 Å². The standard InChI is InChI=1S/C13H16FN3/c1-2-9(7-15)13-16-8-12(17-13)10-4-3-5-11(14)6-10/h3-6,8-9H,2,7,15H2,1H3,(H,16,17). The fourth-order valence-corrected chi connectivity index (χ4v) is 1.82. The van der Waals surface area contributed by atoms with E-state index in [9.17, 15) is 4.39 Å². The summed E-state index contributed by atoms with van der Waals surface area (Å²) in [6, 6.07) is 6.45. The van der Waals surface area contributed by atoms with E-state index in [1.54, 1.807) is 12.3 Å². The molecule has 0 saturated carbocycles. The van der Waals surface area contributed by atoms with Gasteiger partial charge in [-0.3, -0.25) is 0 Å². The molecular weight excluding hydrogens is 217 g/mol. The van der Waals surface area contributed by atoms with Gasteiger partial charge in [0.05, 0.1) is 11.9 Å². The van der Waals surface area contributed by atoms with Crippen molar-refractivity contribution in [2.24, 2.45) is 5.73 Å². The molecule has 0 aliphatic carbocycles. The average Bonchev–Trinajstić information content (AvgIpc) is 2.80. The van der Waals surface area contributed by atoms with Crippen molar-refractivity contribution in [1.29, 1.82) is 0 Å². The summed E-state index contributed by atoms with van der Waals surface area (Å²) in [5, 5.41) is 0. The van der Waals surface area contributed by atoms with Gasteiger partial charge in [-0.2, -0.15) is 0 Å². The van der Waals surface area contributed by atoms with E-state index >= 15 is 0 Å². The number of nitrogens with zero attached hydrogens (tertiary/aromatic N) is 1. The molecule has 1 unspecified atom stereocenters. The van der Waals surface area contributed by atoms with Crippen LogP contribution < -0.4 is 5.73 Å². The first-order valence-electron chi connectivity index (χ1n) is 5.75. The van der Waals surface area contributed by atoms with E-state index in [0.717, 1.165) is 23.5 Å². The SMILES string of the molecule is CCC(CN)c1ncc(-c2cccc(F)c2)[nH]1. The van der Waals surface area contributed by atoms with Gasteiger partial charge in [0.2, 0.25) is 0 Å². The Morgan fingerprint density at radius 1 is 1.47 bits per heavy atom. The summed E-state index contributed by atoms with van der Waals surface area (Å²) < 4.78 is 13.1. The lowest BCUT2D eigenvalue weighted by atomic mass is 10.1. The third kappa shape index (κ3) is 2.53. The van der Waals surface area contributed by atoms with Crippen LogP contribution in [0.15, 0.2) is 30.5 Å². The Morgan fingerprint density at radius 3 is 2.94 bits per heavy atom. The van der Waals surface area contributed by atoms with Crippen LogP contribution in [0.5, 0.6) is 0 Å². The van der Waals surface area contributed by atoms with E-state index in [1.807, 2.05) is 6.07 Å². The summed E-state index contributed by atoms with van der Waals surface area (Å²) in [7, 11) is 0. The van der Waals surface area contributed by atoms with Gasteiger partial charge >= 0.3 is 0 Å². The van der Waals surface area contributed by atoms with Crippen molar-refractivity contribution in [2.75, 3.05) is 6.54 Å². The third-order valence-corrected chi connectivity index (χ3v) is 2.90. The Morgan fingerprint density at radius 2 is 2.29 bits per heavy atom. The van der Waals surface area contributed by atoms with Crippen LogP contribution in [0.2, 0.25) is 0 Å². The normalized spacial score (nSPS) is 12.6. The molecule has 0 aliphatic heterocycles. The largest absolute Gasteiger partial charge is 0.342 e. The molecule has 0 amide bonds. The summed E-state index contributed by atoms with van der Waals surface area (Å²) >= 11 is 0. The number of aromatic nitrogens is 2. The quantitative estimate of drug-likeness (QED) is 0.853. The van der Waals surface area contributed by atoms with Crippen molar-refractivity contribution in [1.82, 2.24) is 9.97 Å². The molecule has 3 nitrogen and oxygen atoms in total. The van der Waals surface area contributed by atoms with Crippen LogP contribution in [0.25, 0.3) is 11.3 Å². The number of H-pyrrole nitrogens is 1. The first kappa shape index (κ1) is 11.8. The van der Waals surface area contributed by atoms with Crippen molar-refractivity contribution in [3.05, 3.63) is 42.1 Å². The Kier molecular flexibility index (Phi) is 3.54. The van der Waals surface area contributed by atoms with Gasteiger partial charge in [-0.1, -0.05) is 19.1 Å². The molecule has 90 valence electrons. The molecule has 0 aliphatic rings. The number of halogens is 1. The fraction of sp³-hybridized carbons (Fsp3) is 0.308. The number of hydrogen-bond acceptors (Lipinski definition) is 2. The second-order valence-corrected chi connectivity index (χ2v) is 4.03. The summed E-state index contributed by atoms with van der Waals surface area (Å²) in [4.78, 5) is 7.51. The van der Waals surface area contributed by atoms with Crippen LogP contribution in [-0.4, -0.2) is 16.5 Å². The summed E-state index contributed by atoms with van der Waals surface area (Å²) in [5.74, 6) is 0.857. The lowest BCUT2D eigenvalue weighted by Gasteiger charge is -2.07. The van der Waals surface area contributed by atoms with Crippen LogP contribution in [0.1, 0.15) is 25.1 Å². The highest BCUT2D eigenvalue weighted by molar-refractivity contribution is 5.58. The van der Waals surface area contributed by atoms with Crippen molar-refractivity contribution in [3.63, 3.8) is 0 Å². The molecular formula is C13H16FN3. The van der Waals surface area contributed by atoms with Gasteiger partial charge in [-0.15, -0.1) is 0 Å². The highest BCUT2D eigenvalue weighted by Crippen LogP contribution is 2.21. The molecule has 0 bridgehead atoms. The highest BCUT2D eigenvalue weighted by atomic mass is 19.1. The fourth-order valence-electron chi connectivity index (χ4n) is 1.82. The van der Waals surface area contributed by atoms with Gasteiger partial charge < -0.3 is 10.7 Å². The first-order valence-corrected chi connectivity index (χ1v) is 5.75. The molecule has 0 fully saturated rings. The second-order valence-electron chi connectivity index (χ2n) is 4.03. The lowest BCUT2D eigenvalue weighted by molar-refractivity contribution is 0.628. The summed E-state index contributed by atoms with van der Waals surface area (Å²) in [6.45, 7) is 2.63. The molecule has 1 aromatic heterocycles. The van der Waals surface area contributed by atoms with E-state index in [2.05, 4.69) is 16.9 Å². The number of imidazole rings is 1. The predicted octanol–water partition coefficient (Wildman–Crippen LogP) is 2.67. The van der Waals surface area contributed by atoms with Gasteiger partial charge in [-0.25, -0.2) is 9.37 Å². The number of rotatable bonds is 4. The lowest BCUT2D eigenvalue weighted by Crippen LogP contribution is -2.12. The summed E-state index contributed by atoms with van der Waals surface area (Å²) in [6.07, 6.45) is 2.66. The average molecular weight is 233 g/mol. The van der Waals surface area contributed by atoms with Crippen molar-refractivity contribution < 1.29 is 4.39 Å². The van der Waals surface area contributed by atoms with Crippen LogP contribution in [-0.2, 0) is 0 Å². The molecule has 1 aromatic carbocycles. The smallest absolute Gasteiger partial charge is 0.123 e. The maximum atomic E-state index is 13.1. The molecule has 4 heteroatoms. The van der Waals surface area contributed by atoms with Crippen LogP contribution in [0.3, 0.4) is 0 Å². The minimum atomic E-state index is -0.246. The minimum Gasteiger partial charge on any atom is -0.342 e. The molecule has 0 saturated heterocycles. The van der Waals surface area contributed by atoms with E-state index in [0.29, 0.717) is 6.54 Å². The molecule has 1 atom stereocenters. The zero-order chi connectivity index (χ0) is 12.3. The van der Waals surface area contributed by atoms with Gasteiger partial charge in [0.15, 0.2) is 0 Å². The molecule has 2 rings (SSSR count). The van der Waals surface area contributed by atoms with E-state index < -0.39 is 0 Å². The Bertz CT molecular complexity index is 489. The van der Waals surface area contributed by atoms with Crippen molar-refractivity contribution in [3.8, 4) is 11.3 Å². The number of hydrogen-bond donors (Lipinski definition) is 2. The number of nitrogens with two attached hydrogens (primary N) is 1. The van der Waals surface area contributed by atoms with Crippen molar-refractivity contribution in [2.45, 2.75) is 19.3 Å². The zero-order valence-corrected chi connectivity index (χ0v) is 9.78. The number of nitrogens with one attached hydrogen (secondary N) is 1. The summed E-state index contributed by atoms with van der Waals surface area (Å²) in [5.41, 5.74) is 7.29. The third-order valence-electron chi connectivity index (χ3n) is 2.90. The topological polar surface area (TPSA) is 54.7 Å². The molecule has 17 heavy (non-hydrogen) atoms. The van der Waals surface area contributed by atoms with Gasteiger partial charge in [0.25, 0.3) is 0 Å². The van der Waals surface area contributed by atoms with Crippen LogP contribution in [0, 0.1) is 5.82 Å². The molecule has 0 spiro atoms. The van der Waals surface area contributed by atoms with Gasteiger partial charge in [0.1, 0.15) is 11.6 Å². The predicted molar refractivity (Wildman–Crippen MR) is 66.1 cm³/mol. The van der Waals surface area contributed by atoms with Crippen LogP contribution in [0.4, 0.5) is 4.39 Å². The molecule has 2 aromatic rings. The van der Waals surface area contributed by atoms with Gasteiger partial charge in [-0.05, 0) is 18.6 Å². The Hall–Kier alpha value is -1.68. The molecule has 0 radical (unpaired) electrons. The maximum Gasteiger partial charge on any atom is 0.123 e. The van der Waals surface area contributed by atoms with E-state index in [1.165, 1.54) is 12.1 Å². The Balaban J connectivity index is 2.29. The zero-order valence-electron chi connectivity index (χ0n) is 9.78. The number of benzene rings is 1. The minimum absolute atomic E-state index is 0.234. The number of aromatic amines is 1. The monoisotopic (exact) mass is 233 g/mol. The second kappa shape index (κ2) is 5.10. The maximum absolute atomic E-state index is 13.1. The molecule has 3 N–H and O–H groups in total. The van der Waals surface area contributed by atoms with Crippen molar-refractivity contribution >= 4 is 0 Å². The molecule has 1 heterocycles. The van der Waals surface area contributed by atoms with Gasteiger partial charge in [0, 0.05) is 18.0 Å². The van der Waals surface area contributed by atoms with Crippen LogP contribution >= 0.6 is 0 Å². The Labute approximate surface area is 99.9 Å². The highest BCUT2D eigenvalue weighted by Gasteiger charge is 2.11.